The molecule has 4 heteroatoms. The van der Waals surface area contributed by atoms with Crippen molar-refractivity contribution in [3.8, 4) is 11.5 Å². The predicted octanol–water partition coefficient (Wildman–Crippen LogP) is 2.31. The molecule has 0 aromatic heterocycles. The quantitative estimate of drug-likeness (QED) is 0.828. The Hall–Kier alpha value is -1.26. The molecule has 1 aliphatic heterocycles. The number of hydrogen-bond acceptors (Lipinski definition) is 4. The molecule has 1 aromatic rings. The molecule has 1 aromatic carbocycles. The van der Waals surface area contributed by atoms with E-state index in [1.165, 1.54) is 0 Å². The molecule has 19 heavy (non-hydrogen) atoms. The van der Waals surface area contributed by atoms with E-state index < -0.39 is 0 Å². The molecule has 4 nitrogen and oxygen atoms in total. The molecule has 0 radical (unpaired) electrons. The van der Waals surface area contributed by atoms with Crippen molar-refractivity contribution in [3.05, 3.63) is 23.8 Å². The average Bonchev–Trinajstić information content (AvgIpc) is 2.80. The van der Waals surface area contributed by atoms with Gasteiger partial charge in [0.2, 0.25) is 0 Å². The van der Waals surface area contributed by atoms with E-state index in [-0.39, 0.29) is 5.75 Å². The Morgan fingerprint density at radius 1 is 1.47 bits per heavy atom. The second-order valence-electron chi connectivity index (χ2n) is 4.95. The van der Waals surface area contributed by atoms with Crippen LogP contribution in [0.15, 0.2) is 18.2 Å². The lowest BCUT2D eigenvalue weighted by Gasteiger charge is -2.15. The topological polar surface area (TPSA) is 50.7 Å². The second-order valence-corrected chi connectivity index (χ2v) is 4.95. The van der Waals surface area contributed by atoms with Crippen LogP contribution in [0, 0.1) is 5.92 Å². The van der Waals surface area contributed by atoms with Crippen LogP contribution in [-0.4, -0.2) is 31.0 Å². The summed E-state index contributed by atoms with van der Waals surface area (Å²) >= 11 is 0. The summed E-state index contributed by atoms with van der Waals surface area (Å²) in [7, 11) is 0. The van der Waals surface area contributed by atoms with Crippen LogP contribution in [0.1, 0.15) is 25.8 Å². The number of rotatable bonds is 6. The van der Waals surface area contributed by atoms with E-state index in [2.05, 4.69) is 12.2 Å². The number of ether oxygens (including phenoxy) is 2. The zero-order valence-corrected chi connectivity index (χ0v) is 11.7. The van der Waals surface area contributed by atoms with E-state index in [1.54, 1.807) is 6.07 Å². The molecule has 0 bridgehead atoms. The van der Waals surface area contributed by atoms with Crippen molar-refractivity contribution in [2.75, 3.05) is 19.8 Å². The summed E-state index contributed by atoms with van der Waals surface area (Å²) in [4.78, 5) is 0. The lowest BCUT2D eigenvalue weighted by Crippen LogP contribution is -2.26. The first kappa shape index (κ1) is 14.2. The van der Waals surface area contributed by atoms with Gasteiger partial charge in [-0.1, -0.05) is 12.1 Å². The SMILES string of the molecule is CCOc1cccc(CNCC2CCOC2C)c1O. The summed E-state index contributed by atoms with van der Waals surface area (Å²) in [6.45, 7) is 7.01. The predicted molar refractivity (Wildman–Crippen MR) is 74.5 cm³/mol. The number of phenols is 1. The standard InChI is InChI=1S/C15H23NO3/c1-3-18-14-6-4-5-13(15(14)17)10-16-9-12-7-8-19-11(12)2/h4-6,11-12,16-17H,3,7-10H2,1-2H3. The average molecular weight is 265 g/mol. The van der Waals surface area contributed by atoms with E-state index in [4.69, 9.17) is 9.47 Å². The smallest absolute Gasteiger partial charge is 0.162 e. The number of aromatic hydroxyl groups is 1. The van der Waals surface area contributed by atoms with E-state index >= 15 is 0 Å². The van der Waals surface area contributed by atoms with Crippen molar-refractivity contribution in [3.63, 3.8) is 0 Å². The highest BCUT2D eigenvalue weighted by atomic mass is 16.5. The van der Waals surface area contributed by atoms with Crippen molar-refractivity contribution in [2.24, 2.45) is 5.92 Å². The van der Waals surface area contributed by atoms with Gasteiger partial charge in [0.25, 0.3) is 0 Å². The number of benzene rings is 1. The molecule has 0 saturated carbocycles. The second kappa shape index (κ2) is 6.78. The van der Waals surface area contributed by atoms with Crippen molar-refractivity contribution < 1.29 is 14.6 Å². The van der Waals surface area contributed by atoms with Gasteiger partial charge in [0.15, 0.2) is 11.5 Å². The summed E-state index contributed by atoms with van der Waals surface area (Å²) in [5, 5.41) is 13.5. The van der Waals surface area contributed by atoms with Crippen molar-refractivity contribution >= 4 is 0 Å². The third kappa shape index (κ3) is 3.61. The van der Waals surface area contributed by atoms with Gasteiger partial charge in [-0.15, -0.1) is 0 Å². The first-order valence-corrected chi connectivity index (χ1v) is 6.98. The maximum Gasteiger partial charge on any atom is 0.162 e. The number of nitrogens with one attached hydrogen (secondary N) is 1. The molecule has 0 amide bonds. The first-order valence-electron chi connectivity index (χ1n) is 6.98. The molecule has 2 atom stereocenters. The molecular formula is C15H23NO3. The molecule has 2 rings (SSSR count). The highest BCUT2D eigenvalue weighted by Crippen LogP contribution is 2.29. The van der Waals surface area contributed by atoms with Crippen LogP contribution < -0.4 is 10.1 Å². The molecule has 1 saturated heterocycles. The molecular weight excluding hydrogens is 242 g/mol. The van der Waals surface area contributed by atoms with Crippen LogP contribution in [0.4, 0.5) is 0 Å². The summed E-state index contributed by atoms with van der Waals surface area (Å²) in [6, 6.07) is 5.61. The molecule has 106 valence electrons. The normalized spacial score (nSPS) is 22.6. The number of phenolic OH excluding ortho intramolecular Hbond substituents is 1. The summed E-state index contributed by atoms with van der Waals surface area (Å²) in [5.41, 5.74) is 0.873. The van der Waals surface area contributed by atoms with Crippen molar-refractivity contribution in [1.82, 2.24) is 5.32 Å². The lowest BCUT2D eigenvalue weighted by molar-refractivity contribution is 0.105. The maximum absolute atomic E-state index is 10.1. The van der Waals surface area contributed by atoms with E-state index in [1.807, 2.05) is 19.1 Å². The van der Waals surface area contributed by atoms with Crippen molar-refractivity contribution in [1.29, 1.82) is 0 Å². The van der Waals surface area contributed by atoms with Crippen LogP contribution in [0.5, 0.6) is 11.5 Å². The molecule has 0 spiro atoms. The Morgan fingerprint density at radius 2 is 2.32 bits per heavy atom. The fourth-order valence-electron chi connectivity index (χ4n) is 2.42. The van der Waals surface area contributed by atoms with Crippen LogP contribution in [-0.2, 0) is 11.3 Å². The van der Waals surface area contributed by atoms with Gasteiger partial charge < -0.3 is 19.9 Å². The van der Waals surface area contributed by atoms with Gasteiger partial charge in [0.05, 0.1) is 12.7 Å². The minimum Gasteiger partial charge on any atom is -0.504 e. The van der Waals surface area contributed by atoms with Gasteiger partial charge in [-0.2, -0.15) is 0 Å². The summed E-state index contributed by atoms with van der Waals surface area (Å²) in [5.74, 6) is 1.36. The Bertz CT molecular complexity index is 408. The minimum atomic E-state index is 0.243. The van der Waals surface area contributed by atoms with Gasteiger partial charge in [0.1, 0.15) is 0 Å². The third-order valence-electron chi connectivity index (χ3n) is 3.64. The van der Waals surface area contributed by atoms with E-state index in [0.29, 0.717) is 30.9 Å². The number of hydrogen-bond donors (Lipinski definition) is 2. The van der Waals surface area contributed by atoms with Crippen molar-refractivity contribution in [2.45, 2.75) is 32.9 Å². The Kier molecular flexibility index (Phi) is 5.05. The Balaban J connectivity index is 1.87. The Labute approximate surface area is 114 Å². The van der Waals surface area contributed by atoms with Crippen LogP contribution in [0.2, 0.25) is 0 Å². The Morgan fingerprint density at radius 3 is 3.00 bits per heavy atom. The summed E-state index contributed by atoms with van der Waals surface area (Å²) in [6.07, 6.45) is 1.44. The zero-order chi connectivity index (χ0) is 13.7. The van der Waals surface area contributed by atoms with Gasteiger partial charge in [-0.3, -0.25) is 0 Å². The lowest BCUT2D eigenvalue weighted by atomic mass is 10.0. The van der Waals surface area contributed by atoms with Crippen LogP contribution >= 0.6 is 0 Å². The fraction of sp³-hybridized carbons (Fsp3) is 0.600. The highest BCUT2D eigenvalue weighted by molar-refractivity contribution is 5.45. The minimum absolute atomic E-state index is 0.243. The van der Waals surface area contributed by atoms with Crippen LogP contribution in [0.3, 0.4) is 0 Å². The van der Waals surface area contributed by atoms with Gasteiger partial charge in [-0.25, -0.2) is 0 Å². The molecule has 0 aliphatic carbocycles. The molecule has 2 unspecified atom stereocenters. The molecule has 1 heterocycles. The van der Waals surface area contributed by atoms with Gasteiger partial charge >= 0.3 is 0 Å². The molecule has 1 fully saturated rings. The molecule has 1 aliphatic rings. The largest absolute Gasteiger partial charge is 0.504 e. The maximum atomic E-state index is 10.1. The third-order valence-corrected chi connectivity index (χ3v) is 3.64. The monoisotopic (exact) mass is 265 g/mol. The first-order chi connectivity index (χ1) is 9.22. The van der Waals surface area contributed by atoms with E-state index in [9.17, 15) is 5.11 Å². The summed E-state index contributed by atoms with van der Waals surface area (Å²) < 4.78 is 10.9. The highest BCUT2D eigenvalue weighted by Gasteiger charge is 2.23. The van der Waals surface area contributed by atoms with E-state index in [0.717, 1.165) is 25.1 Å². The molecule has 2 N–H and O–H groups in total. The van der Waals surface area contributed by atoms with Gasteiger partial charge in [-0.05, 0) is 32.3 Å². The van der Waals surface area contributed by atoms with Crippen LogP contribution in [0.25, 0.3) is 0 Å². The zero-order valence-electron chi connectivity index (χ0n) is 11.7. The fourth-order valence-corrected chi connectivity index (χ4v) is 2.42. The van der Waals surface area contributed by atoms with Gasteiger partial charge in [0, 0.05) is 25.3 Å². The number of para-hydroxylation sites is 1.